The molecule has 0 spiro atoms. The molecule has 0 radical (unpaired) electrons. The molecule has 1 unspecified atom stereocenters. The minimum absolute atomic E-state index is 0.0665. The molecule has 3 N–H and O–H groups in total. The molecule has 1 heterocycles. The standard InChI is InChI=1S/C11H22N2O3/c1-3-4-9(14)5-13-10(15)6-16-11(2)7-12-8-11/h9,12,14H,3-8H2,1-2H3,(H,13,15). The van der Waals surface area contributed by atoms with Gasteiger partial charge in [0.15, 0.2) is 0 Å². The Hall–Kier alpha value is -0.650. The topological polar surface area (TPSA) is 70.6 Å². The predicted molar refractivity (Wildman–Crippen MR) is 61.2 cm³/mol. The van der Waals surface area contributed by atoms with E-state index >= 15 is 0 Å². The van der Waals surface area contributed by atoms with Gasteiger partial charge in [0.25, 0.3) is 0 Å². The monoisotopic (exact) mass is 230 g/mol. The predicted octanol–water partition coefficient (Wildman–Crippen LogP) is -0.358. The van der Waals surface area contributed by atoms with Gasteiger partial charge in [0.2, 0.25) is 5.91 Å². The molecule has 0 aliphatic carbocycles. The number of aliphatic hydroxyl groups excluding tert-OH is 1. The number of carbonyl (C=O) groups excluding carboxylic acids is 1. The molecular weight excluding hydrogens is 208 g/mol. The zero-order chi connectivity index (χ0) is 12.0. The molecule has 1 aliphatic rings. The van der Waals surface area contributed by atoms with Gasteiger partial charge < -0.3 is 20.5 Å². The van der Waals surface area contributed by atoms with Crippen LogP contribution in [0.2, 0.25) is 0 Å². The second-order valence-electron chi connectivity index (χ2n) is 4.59. The first kappa shape index (κ1) is 13.4. The molecule has 1 aliphatic heterocycles. The summed E-state index contributed by atoms with van der Waals surface area (Å²) in [5.41, 5.74) is -0.195. The fraction of sp³-hybridized carbons (Fsp3) is 0.909. The fourth-order valence-electron chi connectivity index (χ4n) is 1.54. The van der Waals surface area contributed by atoms with Crippen molar-refractivity contribution in [2.45, 2.75) is 38.4 Å². The summed E-state index contributed by atoms with van der Waals surface area (Å²) in [4.78, 5) is 11.4. The van der Waals surface area contributed by atoms with Gasteiger partial charge in [-0.2, -0.15) is 0 Å². The second kappa shape index (κ2) is 6.18. The minimum Gasteiger partial charge on any atom is -0.391 e. The summed E-state index contributed by atoms with van der Waals surface area (Å²) in [6.07, 6.45) is 1.18. The summed E-state index contributed by atoms with van der Waals surface area (Å²) in [5, 5.41) is 15.2. The Morgan fingerprint density at radius 3 is 2.81 bits per heavy atom. The maximum Gasteiger partial charge on any atom is 0.246 e. The van der Waals surface area contributed by atoms with Crippen LogP contribution >= 0.6 is 0 Å². The average Bonchev–Trinajstić information content (AvgIpc) is 2.21. The minimum atomic E-state index is -0.449. The Kier molecular flexibility index (Phi) is 5.18. The van der Waals surface area contributed by atoms with Crippen LogP contribution in [0.25, 0.3) is 0 Å². The molecule has 0 aromatic rings. The fourth-order valence-corrected chi connectivity index (χ4v) is 1.54. The summed E-state index contributed by atoms with van der Waals surface area (Å²) < 4.78 is 5.46. The molecule has 1 rings (SSSR count). The Morgan fingerprint density at radius 2 is 2.31 bits per heavy atom. The van der Waals surface area contributed by atoms with Crippen molar-refractivity contribution in [3.63, 3.8) is 0 Å². The van der Waals surface area contributed by atoms with E-state index in [0.29, 0.717) is 13.0 Å². The Bertz CT molecular complexity index is 229. The molecule has 16 heavy (non-hydrogen) atoms. The van der Waals surface area contributed by atoms with E-state index in [1.807, 2.05) is 13.8 Å². The third kappa shape index (κ3) is 4.47. The number of hydrogen-bond donors (Lipinski definition) is 3. The summed E-state index contributed by atoms with van der Waals surface area (Å²) in [6, 6.07) is 0. The number of ether oxygens (including phenoxy) is 1. The van der Waals surface area contributed by atoms with Crippen LogP contribution in [-0.4, -0.2) is 49.0 Å². The molecule has 0 aromatic carbocycles. The van der Waals surface area contributed by atoms with Gasteiger partial charge in [-0.25, -0.2) is 0 Å². The van der Waals surface area contributed by atoms with E-state index in [1.54, 1.807) is 0 Å². The van der Waals surface area contributed by atoms with E-state index < -0.39 is 6.10 Å². The van der Waals surface area contributed by atoms with Gasteiger partial charge in [-0.05, 0) is 13.3 Å². The molecule has 0 bridgehead atoms. The summed E-state index contributed by atoms with van der Waals surface area (Å²) in [6.45, 7) is 5.93. The van der Waals surface area contributed by atoms with Crippen LogP contribution in [0.4, 0.5) is 0 Å². The Balaban J connectivity index is 2.06. The van der Waals surface area contributed by atoms with Crippen LogP contribution in [0.1, 0.15) is 26.7 Å². The van der Waals surface area contributed by atoms with Gasteiger partial charge >= 0.3 is 0 Å². The lowest BCUT2D eigenvalue weighted by Crippen LogP contribution is -2.59. The third-order valence-electron chi connectivity index (χ3n) is 2.71. The number of amides is 1. The SMILES string of the molecule is CCCC(O)CNC(=O)COC1(C)CNC1. The maximum absolute atomic E-state index is 11.4. The van der Waals surface area contributed by atoms with Crippen LogP contribution in [0.5, 0.6) is 0 Å². The Morgan fingerprint density at radius 1 is 1.62 bits per heavy atom. The summed E-state index contributed by atoms with van der Waals surface area (Å²) in [7, 11) is 0. The Labute approximate surface area is 96.6 Å². The summed E-state index contributed by atoms with van der Waals surface area (Å²) in [5.74, 6) is -0.164. The van der Waals surface area contributed by atoms with E-state index in [1.165, 1.54) is 0 Å². The lowest BCUT2D eigenvalue weighted by atomic mass is 10.0. The van der Waals surface area contributed by atoms with Crippen molar-refractivity contribution in [2.75, 3.05) is 26.2 Å². The zero-order valence-electron chi connectivity index (χ0n) is 10.1. The molecule has 94 valence electrons. The van der Waals surface area contributed by atoms with Gasteiger partial charge in [0.05, 0.1) is 11.7 Å². The van der Waals surface area contributed by atoms with Crippen molar-refractivity contribution >= 4 is 5.91 Å². The highest BCUT2D eigenvalue weighted by Crippen LogP contribution is 2.14. The number of hydrogen-bond acceptors (Lipinski definition) is 4. The van der Waals surface area contributed by atoms with Gasteiger partial charge in [-0.3, -0.25) is 4.79 Å². The van der Waals surface area contributed by atoms with Crippen molar-refractivity contribution in [1.82, 2.24) is 10.6 Å². The van der Waals surface area contributed by atoms with E-state index in [9.17, 15) is 9.90 Å². The number of aliphatic hydroxyl groups is 1. The van der Waals surface area contributed by atoms with Crippen LogP contribution in [0.15, 0.2) is 0 Å². The van der Waals surface area contributed by atoms with Crippen LogP contribution in [0, 0.1) is 0 Å². The molecule has 0 saturated carbocycles. The lowest BCUT2D eigenvalue weighted by Gasteiger charge is -2.38. The quantitative estimate of drug-likeness (QED) is 0.559. The highest BCUT2D eigenvalue weighted by Gasteiger charge is 2.32. The normalized spacial score (nSPS) is 19.9. The second-order valence-corrected chi connectivity index (χ2v) is 4.59. The number of rotatable bonds is 7. The van der Waals surface area contributed by atoms with E-state index in [2.05, 4.69) is 10.6 Å². The van der Waals surface area contributed by atoms with Gasteiger partial charge in [0.1, 0.15) is 6.61 Å². The zero-order valence-corrected chi connectivity index (χ0v) is 10.1. The summed E-state index contributed by atoms with van der Waals surface area (Å²) >= 11 is 0. The molecule has 5 heteroatoms. The largest absolute Gasteiger partial charge is 0.391 e. The first-order chi connectivity index (χ1) is 7.56. The van der Waals surface area contributed by atoms with Crippen molar-refractivity contribution < 1.29 is 14.6 Å². The van der Waals surface area contributed by atoms with E-state index in [4.69, 9.17) is 4.74 Å². The van der Waals surface area contributed by atoms with Crippen molar-refractivity contribution in [1.29, 1.82) is 0 Å². The molecular formula is C11H22N2O3. The molecule has 5 nitrogen and oxygen atoms in total. The van der Waals surface area contributed by atoms with E-state index in [0.717, 1.165) is 19.5 Å². The molecule has 1 fully saturated rings. The maximum atomic E-state index is 11.4. The molecule has 1 atom stereocenters. The van der Waals surface area contributed by atoms with Crippen molar-refractivity contribution in [3.8, 4) is 0 Å². The molecule has 0 aromatic heterocycles. The van der Waals surface area contributed by atoms with Crippen molar-refractivity contribution in [3.05, 3.63) is 0 Å². The van der Waals surface area contributed by atoms with Crippen molar-refractivity contribution in [2.24, 2.45) is 0 Å². The molecule has 1 amide bonds. The third-order valence-corrected chi connectivity index (χ3v) is 2.71. The van der Waals surface area contributed by atoms with Gasteiger partial charge in [-0.15, -0.1) is 0 Å². The average molecular weight is 230 g/mol. The van der Waals surface area contributed by atoms with E-state index in [-0.39, 0.29) is 18.1 Å². The van der Waals surface area contributed by atoms with Crippen LogP contribution in [0.3, 0.4) is 0 Å². The number of nitrogens with one attached hydrogen (secondary N) is 2. The highest BCUT2D eigenvalue weighted by atomic mass is 16.5. The van der Waals surface area contributed by atoms with Crippen LogP contribution in [-0.2, 0) is 9.53 Å². The number of carbonyl (C=O) groups is 1. The first-order valence-corrected chi connectivity index (χ1v) is 5.85. The van der Waals surface area contributed by atoms with Gasteiger partial charge in [0, 0.05) is 19.6 Å². The van der Waals surface area contributed by atoms with Crippen LogP contribution < -0.4 is 10.6 Å². The lowest BCUT2D eigenvalue weighted by molar-refractivity contribution is -0.136. The first-order valence-electron chi connectivity index (χ1n) is 5.85. The van der Waals surface area contributed by atoms with Gasteiger partial charge in [-0.1, -0.05) is 13.3 Å². The molecule has 1 saturated heterocycles. The highest BCUT2D eigenvalue weighted by molar-refractivity contribution is 5.77. The smallest absolute Gasteiger partial charge is 0.246 e.